The molecule has 160 valence electrons. The van der Waals surface area contributed by atoms with Gasteiger partial charge in [-0.25, -0.2) is 4.98 Å². The van der Waals surface area contributed by atoms with Crippen molar-refractivity contribution in [3.05, 3.63) is 65.7 Å². The molecule has 7 heteroatoms. The second-order valence-electron chi connectivity index (χ2n) is 8.51. The second kappa shape index (κ2) is 7.81. The summed E-state index contributed by atoms with van der Waals surface area (Å²) in [6.07, 6.45) is 4.93. The van der Waals surface area contributed by atoms with Crippen molar-refractivity contribution in [2.24, 2.45) is 0 Å². The van der Waals surface area contributed by atoms with Gasteiger partial charge in [0.15, 0.2) is 0 Å². The van der Waals surface area contributed by atoms with E-state index in [-0.39, 0.29) is 11.8 Å². The fraction of sp³-hybridized carbons (Fsp3) is 0.375. The Morgan fingerprint density at radius 1 is 1.03 bits per heavy atom. The number of nitrogens with zero attached hydrogens (tertiary/aromatic N) is 5. The summed E-state index contributed by atoms with van der Waals surface area (Å²) in [6, 6.07) is 11.2. The smallest absolute Gasteiger partial charge is 0.260 e. The van der Waals surface area contributed by atoms with Gasteiger partial charge in [-0.05, 0) is 50.6 Å². The van der Waals surface area contributed by atoms with Gasteiger partial charge in [-0.1, -0.05) is 18.2 Å². The number of rotatable bonds is 2. The zero-order valence-electron chi connectivity index (χ0n) is 18.0. The highest BCUT2D eigenvalue weighted by Crippen LogP contribution is 2.33. The Hall–Kier alpha value is -3.19. The van der Waals surface area contributed by atoms with Crippen molar-refractivity contribution in [3.63, 3.8) is 0 Å². The van der Waals surface area contributed by atoms with Crippen molar-refractivity contribution in [2.45, 2.75) is 25.8 Å². The van der Waals surface area contributed by atoms with Gasteiger partial charge in [0, 0.05) is 37.6 Å². The van der Waals surface area contributed by atoms with E-state index in [1.54, 1.807) is 17.4 Å². The highest BCUT2D eigenvalue weighted by atomic mass is 16.2. The maximum atomic E-state index is 13.9. The normalized spacial score (nSPS) is 19.5. The number of pyridine rings is 1. The summed E-state index contributed by atoms with van der Waals surface area (Å²) in [5, 5.41) is 0. The van der Waals surface area contributed by atoms with Crippen molar-refractivity contribution < 1.29 is 9.59 Å². The van der Waals surface area contributed by atoms with E-state index in [0.29, 0.717) is 25.1 Å². The molecule has 1 saturated heterocycles. The molecule has 5 rings (SSSR count). The van der Waals surface area contributed by atoms with E-state index in [2.05, 4.69) is 23.0 Å². The average Bonchev–Trinajstić information content (AvgIpc) is 3.28. The van der Waals surface area contributed by atoms with Crippen molar-refractivity contribution >= 4 is 23.0 Å². The van der Waals surface area contributed by atoms with Gasteiger partial charge in [0.1, 0.15) is 6.04 Å². The van der Waals surface area contributed by atoms with E-state index in [1.165, 1.54) is 0 Å². The minimum absolute atomic E-state index is 0.0531. The van der Waals surface area contributed by atoms with Crippen molar-refractivity contribution in [2.75, 3.05) is 38.1 Å². The first-order valence-corrected chi connectivity index (χ1v) is 10.8. The molecule has 7 nitrogen and oxygen atoms in total. The predicted molar refractivity (Wildman–Crippen MR) is 119 cm³/mol. The van der Waals surface area contributed by atoms with Crippen LogP contribution in [0.15, 0.2) is 48.9 Å². The monoisotopic (exact) mass is 417 g/mol. The molecule has 0 saturated carbocycles. The molecule has 1 fully saturated rings. The molecule has 4 heterocycles. The van der Waals surface area contributed by atoms with Crippen LogP contribution in [0.1, 0.15) is 28.0 Å². The zero-order chi connectivity index (χ0) is 21.5. The molecular formula is C24H27N5O2. The fourth-order valence-corrected chi connectivity index (χ4v) is 4.75. The highest BCUT2D eigenvalue weighted by molar-refractivity contribution is 6.11. The molecule has 2 aromatic heterocycles. The molecule has 0 radical (unpaired) electrons. The van der Waals surface area contributed by atoms with E-state index in [1.807, 2.05) is 46.6 Å². The average molecular weight is 418 g/mol. The Morgan fingerprint density at radius 3 is 2.61 bits per heavy atom. The first-order valence-electron chi connectivity index (χ1n) is 10.8. The maximum absolute atomic E-state index is 13.9. The molecule has 3 aromatic rings. The van der Waals surface area contributed by atoms with E-state index in [9.17, 15) is 9.59 Å². The number of carbonyl (C=O) groups excluding carboxylic acids is 2. The molecule has 2 amide bonds. The van der Waals surface area contributed by atoms with Crippen molar-refractivity contribution in [1.82, 2.24) is 19.2 Å². The first-order chi connectivity index (χ1) is 15.0. The molecule has 2 aliphatic rings. The lowest BCUT2D eigenvalue weighted by Gasteiger charge is -2.41. The Kier molecular flexibility index (Phi) is 4.98. The molecule has 2 aliphatic heterocycles. The number of aromatic nitrogens is 2. The number of carbonyl (C=O) groups is 2. The lowest BCUT2D eigenvalue weighted by atomic mass is 9.93. The van der Waals surface area contributed by atoms with Crippen LogP contribution in [0.25, 0.3) is 5.52 Å². The molecule has 1 aromatic carbocycles. The van der Waals surface area contributed by atoms with Crippen LogP contribution in [0.5, 0.6) is 0 Å². The minimum atomic E-state index is -0.483. The van der Waals surface area contributed by atoms with Crippen LogP contribution >= 0.6 is 0 Å². The standard InChI is InChI=1S/C24H27N5O2/c1-17-20(9-8-19-15-25-16-28(17)19)23(30)29-21-6-4-3-5-18(21)7-10-22(29)24(31)27-13-11-26(2)12-14-27/h3-6,8-9,15-16,22H,7,10-14H2,1-2H3. The fourth-order valence-electron chi connectivity index (χ4n) is 4.75. The number of fused-ring (bicyclic) bond motifs is 2. The summed E-state index contributed by atoms with van der Waals surface area (Å²) < 4.78 is 1.92. The highest BCUT2D eigenvalue weighted by Gasteiger charge is 2.39. The predicted octanol–water partition coefficient (Wildman–Crippen LogP) is 2.38. The van der Waals surface area contributed by atoms with Gasteiger partial charge >= 0.3 is 0 Å². The Balaban J connectivity index is 1.55. The number of piperazine rings is 1. The number of likely N-dealkylation sites (N-methyl/N-ethyl adjacent to an activating group) is 1. The van der Waals surface area contributed by atoms with E-state index < -0.39 is 6.04 Å². The van der Waals surface area contributed by atoms with E-state index >= 15 is 0 Å². The Labute approximate surface area is 181 Å². The molecule has 1 unspecified atom stereocenters. The summed E-state index contributed by atoms with van der Waals surface area (Å²) >= 11 is 0. The number of anilines is 1. The first kappa shape index (κ1) is 19.8. The van der Waals surface area contributed by atoms with Crippen LogP contribution in [-0.2, 0) is 11.2 Å². The third-order valence-electron chi connectivity index (χ3n) is 6.64. The van der Waals surface area contributed by atoms with E-state index in [4.69, 9.17) is 0 Å². The lowest BCUT2D eigenvalue weighted by Crippen LogP contribution is -2.57. The van der Waals surface area contributed by atoms with Gasteiger partial charge in [-0.2, -0.15) is 0 Å². The number of aryl methyl sites for hydroxylation is 2. The van der Waals surface area contributed by atoms with Crippen molar-refractivity contribution in [1.29, 1.82) is 0 Å². The van der Waals surface area contributed by atoms with Crippen LogP contribution in [-0.4, -0.2) is 70.3 Å². The number of amides is 2. The summed E-state index contributed by atoms with van der Waals surface area (Å²) in [5.74, 6) is -0.0787. The quantitative estimate of drug-likeness (QED) is 0.642. The zero-order valence-corrected chi connectivity index (χ0v) is 18.0. The van der Waals surface area contributed by atoms with Crippen LogP contribution in [0.3, 0.4) is 0 Å². The van der Waals surface area contributed by atoms with Crippen LogP contribution < -0.4 is 4.90 Å². The molecule has 0 N–H and O–H groups in total. The minimum Gasteiger partial charge on any atom is -0.338 e. The molecule has 1 atom stereocenters. The maximum Gasteiger partial charge on any atom is 0.260 e. The molecule has 31 heavy (non-hydrogen) atoms. The Bertz CT molecular complexity index is 1150. The second-order valence-corrected chi connectivity index (χ2v) is 8.51. The number of hydrogen-bond acceptors (Lipinski definition) is 4. The number of para-hydroxylation sites is 1. The Morgan fingerprint density at radius 2 is 1.81 bits per heavy atom. The van der Waals surface area contributed by atoms with E-state index in [0.717, 1.165) is 42.0 Å². The summed E-state index contributed by atoms with van der Waals surface area (Å²) in [5.41, 5.74) is 4.32. The number of benzene rings is 1. The van der Waals surface area contributed by atoms with Crippen molar-refractivity contribution in [3.8, 4) is 0 Å². The third kappa shape index (κ3) is 3.39. The molecular weight excluding hydrogens is 390 g/mol. The van der Waals surface area contributed by atoms with Crippen LogP contribution in [0, 0.1) is 6.92 Å². The molecule has 0 aliphatic carbocycles. The summed E-state index contributed by atoms with van der Waals surface area (Å²) in [7, 11) is 2.07. The number of imidazole rings is 1. The lowest BCUT2D eigenvalue weighted by molar-refractivity contribution is -0.134. The van der Waals surface area contributed by atoms with Gasteiger partial charge in [0.05, 0.1) is 23.6 Å². The summed E-state index contributed by atoms with van der Waals surface area (Å²) in [6.45, 7) is 5.05. The SMILES string of the molecule is Cc1c(C(=O)N2c3ccccc3CCC2C(=O)N2CCN(C)CC2)ccc2cncn12. The van der Waals surface area contributed by atoms with Gasteiger partial charge < -0.3 is 14.2 Å². The van der Waals surface area contributed by atoms with Gasteiger partial charge in [0.25, 0.3) is 5.91 Å². The topological polar surface area (TPSA) is 61.2 Å². The van der Waals surface area contributed by atoms with Gasteiger partial charge in [0.2, 0.25) is 5.91 Å². The van der Waals surface area contributed by atoms with Gasteiger partial charge in [-0.15, -0.1) is 0 Å². The van der Waals surface area contributed by atoms with Gasteiger partial charge in [-0.3, -0.25) is 14.5 Å². The third-order valence-corrected chi connectivity index (χ3v) is 6.64. The van der Waals surface area contributed by atoms with Crippen LogP contribution in [0.2, 0.25) is 0 Å². The largest absolute Gasteiger partial charge is 0.338 e. The van der Waals surface area contributed by atoms with Crippen LogP contribution in [0.4, 0.5) is 5.69 Å². The molecule has 0 spiro atoms. The molecule has 0 bridgehead atoms. The summed E-state index contributed by atoms with van der Waals surface area (Å²) in [4.78, 5) is 37.6. The number of hydrogen-bond donors (Lipinski definition) is 0.